The molecule has 3 aromatic heterocycles. The Bertz CT molecular complexity index is 4010. The smallest absolute Gasteiger partial charge is 0.121 e. The first-order valence-electron chi connectivity index (χ1n) is 29.5. The summed E-state index contributed by atoms with van der Waals surface area (Å²) in [6, 6.07) is 44.7. The molecule has 1 radical (unpaired) electrons. The van der Waals surface area contributed by atoms with Gasteiger partial charge in [0, 0.05) is 59.8 Å². The van der Waals surface area contributed by atoms with Gasteiger partial charge in [-0.25, -0.2) is 0 Å². The van der Waals surface area contributed by atoms with E-state index < -0.39 is 51.0 Å². The number of aryl methyl sites for hydroxylation is 4. The topological polar surface area (TPSA) is 38.9 Å². The third kappa shape index (κ3) is 9.97. The van der Waals surface area contributed by atoms with Crippen LogP contribution in [0, 0.1) is 50.4 Å². The number of nitrogens with zero attached hydrogens (tertiary/aromatic N) is 2. The summed E-state index contributed by atoms with van der Waals surface area (Å²) in [5.74, 6) is 0. The number of rotatable bonds is 6. The van der Waals surface area contributed by atoms with E-state index in [0.29, 0.717) is 39.2 Å². The molecule has 0 atom stereocenters. The minimum absolute atomic E-state index is 0. The van der Waals surface area contributed by atoms with Crippen LogP contribution < -0.4 is 0 Å². The molecule has 0 unspecified atom stereocenters. The van der Waals surface area contributed by atoms with E-state index in [1.165, 1.54) is 48.8 Å². The van der Waals surface area contributed by atoms with E-state index in [1.54, 1.807) is 63.2 Å². The summed E-state index contributed by atoms with van der Waals surface area (Å²) >= 11 is 0. The molecule has 4 heteroatoms. The van der Waals surface area contributed by atoms with E-state index in [2.05, 4.69) is 52.4 Å². The molecule has 10 rings (SSSR count). The second-order valence-electron chi connectivity index (χ2n) is 18.4. The van der Waals surface area contributed by atoms with Crippen LogP contribution in [-0.4, -0.2) is 9.97 Å². The minimum Gasteiger partial charge on any atom is -0.501 e. The summed E-state index contributed by atoms with van der Waals surface area (Å²) in [6.07, 6.45) is -0.601. The van der Waals surface area contributed by atoms with Gasteiger partial charge < -0.3 is 14.4 Å². The predicted molar refractivity (Wildman–Crippen MR) is 275 cm³/mol. The summed E-state index contributed by atoms with van der Waals surface area (Å²) in [7, 11) is 0. The summed E-state index contributed by atoms with van der Waals surface area (Å²) in [4.78, 5) is 8.88. The van der Waals surface area contributed by atoms with Crippen molar-refractivity contribution in [2.75, 3.05) is 0 Å². The van der Waals surface area contributed by atoms with E-state index in [-0.39, 0.29) is 70.2 Å². The van der Waals surface area contributed by atoms with Crippen LogP contribution in [0.4, 0.5) is 0 Å². The maximum atomic E-state index is 8.76. The number of hydrogen-bond acceptors (Lipinski definition) is 3. The zero-order valence-electron chi connectivity index (χ0n) is 53.5. The van der Waals surface area contributed by atoms with Gasteiger partial charge in [0.1, 0.15) is 5.58 Å². The minimum atomic E-state index is -2.76. The molecule has 333 valence electrons. The second-order valence-corrected chi connectivity index (χ2v) is 18.4. The molecule has 0 saturated heterocycles. The molecule has 0 aliphatic carbocycles. The zero-order valence-corrected chi connectivity index (χ0v) is 39.9. The Morgan fingerprint density at radius 3 is 2.05 bits per heavy atom. The van der Waals surface area contributed by atoms with Crippen molar-refractivity contribution in [3.05, 3.63) is 191 Å². The molecule has 0 aliphatic rings. The van der Waals surface area contributed by atoms with Crippen molar-refractivity contribution in [2.45, 2.75) is 81.7 Å². The predicted octanol–water partition coefficient (Wildman–Crippen LogP) is 17.0. The van der Waals surface area contributed by atoms with Crippen molar-refractivity contribution in [1.82, 2.24) is 9.97 Å². The molecular formula is C62H58IrN2O-2. The third-order valence-corrected chi connectivity index (χ3v) is 11.0. The van der Waals surface area contributed by atoms with Gasteiger partial charge in [0.15, 0.2) is 0 Å². The largest absolute Gasteiger partial charge is 0.501 e. The van der Waals surface area contributed by atoms with Crippen molar-refractivity contribution in [3.8, 4) is 44.8 Å². The standard InChI is InChI=1S/C45H38NO.C17H20N.Ir/c1-27-20-30(25-45(4,5)6)14-18-34(27)32-17-19-35(28(2)21-32)39-23-42(46-26-29(39)3)38-13-9-12-37-41-22-33-16-15-31-10-7-8-11-36(31)40(33)24-43(41)47-44(37)38;1-13-5-8-15(9-6-13)16-10-7-14(12-18-16)11-17(2,3)4;/h7-12,14-24,26H,25H2,1-6H3;5-8,10,12H,11H2,1-4H3;/q2*-1;/i1D3,2D3,3D3,25D2;1D3,11D2;. The Hall–Kier alpha value is -6.19. The third-order valence-electron chi connectivity index (χ3n) is 11.0. The molecule has 66 heavy (non-hydrogen) atoms. The molecule has 0 fully saturated rings. The molecule has 0 bridgehead atoms. The molecule has 0 saturated carbocycles. The first-order valence-corrected chi connectivity index (χ1v) is 21.5. The van der Waals surface area contributed by atoms with Gasteiger partial charge >= 0.3 is 0 Å². The first-order chi connectivity index (χ1) is 37.5. The van der Waals surface area contributed by atoms with Crippen LogP contribution >= 0.6 is 0 Å². The maximum Gasteiger partial charge on any atom is 0.121 e. The Labute approximate surface area is 427 Å². The van der Waals surface area contributed by atoms with E-state index in [9.17, 15) is 0 Å². The molecule has 10 aromatic rings. The first kappa shape index (κ1) is 30.2. The Morgan fingerprint density at radius 2 is 1.30 bits per heavy atom. The monoisotopic (exact) mass is 1060 g/mol. The van der Waals surface area contributed by atoms with Crippen LogP contribution in [0.3, 0.4) is 0 Å². The fourth-order valence-electron chi connectivity index (χ4n) is 8.14. The van der Waals surface area contributed by atoms with Crippen molar-refractivity contribution < 1.29 is 46.5 Å². The molecule has 0 amide bonds. The Kier molecular flexibility index (Phi) is 8.50. The number of pyridine rings is 2. The van der Waals surface area contributed by atoms with Crippen molar-refractivity contribution >= 4 is 43.5 Å². The summed E-state index contributed by atoms with van der Waals surface area (Å²) in [5.41, 5.74) is 3.02. The van der Waals surface area contributed by atoms with E-state index in [4.69, 9.17) is 26.3 Å². The van der Waals surface area contributed by atoms with E-state index >= 15 is 0 Å². The van der Waals surface area contributed by atoms with Gasteiger partial charge in [-0.1, -0.05) is 150 Å². The summed E-state index contributed by atoms with van der Waals surface area (Å²) < 4.78 is 139. The molecular weight excluding hydrogens is 981 g/mol. The van der Waals surface area contributed by atoms with Crippen LogP contribution in [0.2, 0.25) is 0 Å². The fraction of sp³-hybridized carbons (Fsp3) is 0.226. The number of hydrogen-bond donors (Lipinski definition) is 0. The average Bonchev–Trinajstić information content (AvgIpc) is 2.06. The molecule has 0 aliphatic heterocycles. The quantitative estimate of drug-likeness (QED) is 0.123. The number of aromatic nitrogens is 2. The maximum absolute atomic E-state index is 8.76. The normalized spacial score (nSPS) is 16.6. The van der Waals surface area contributed by atoms with E-state index in [1.807, 2.05) is 45.0 Å². The van der Waals surface area contributed by atoms with Crippen molar-refractivity contribution in [1.29, 1.82) is 0 Å². The second kappa shape index (κ2) is 18.6. The molecule has 0 spiro atoms. The number of furan rings is 1. The molecule has 3 heterocycles. The van der Waals surface area contributed by atoms with Crippen LogP contribution in [0.15, 0.2) is 150 Å². The van der Waals surface area contributed by atoms with Gasteiger partial charge in [-0.3, -0.25) is 0 Å². The van der Waals surface area contributed by atoms with Gasteiger partial charge in [0.2, 0.25) is 0 Å². The van der Waals surface area contributed by atoms with E-state index in [0.717, 1.165) is 32.3 Å². The van der Waals surface area contributed by atoms with Gasteiger partial charge in [-0.05, 0) is 139 Å². The molecule has 3 nitrogen and oxygen atoms in total. The van der Waals surface area contributed by atoms with Crippen LogP contribution in [-0.2, 0) is 32.9 Å². The summed E-state index contributed by atoms with van der Waals surface area (Å²) in [5, 5.41) is 5.95. The summed E-state index contributed by atoms with van der Waals surface area (Å²) in [6.45, 7) is 0.485. The van der Waals surface area contributed by atoms with Gasteiger partial charge in [-0.2, -0.15) is 0 Å². The van der Waals surface area contributed by atoms with Gasteiger partial charge in [0.05, 0.1) is 5.58 Å². The fourth-order valence-corrected chi connectivity index (χ4v) is 8.14. The average molecular weight is 1060 g/mol. The van der Waals surface area contributed by atoms with Gasteiger partial charge in [-0.15, -0.1) is 53.6 Å². The van der Waals surface area contributed by atoms with Crippen LogP contribution in [0.5, 0.6) is 0 Å². The number of fused-ring (bicyclic) bond motifs is 6. The number of benzene rings is 7. The Balaban J connectivity index is 0.000000308. The van der Waals surface area contributed by atoms with Crippen molar-refractivity contribution in [2.24, 2.45) is 10.8 Å². The zero-order chi connectivity index (χ0) is 59.2. The Morgan fingerprint density at radius 1 is 0.561 bits per heavy atom. The molecule has 0 N–H and O–H groups in total. The van der Waals surface area contributed by atoms with Crippen molar-refractivity contribution in [3.63, 3.8) is 0 Å². The van der Waals surface area contributed by atoms with Crippen LogP contribution in [0.25, 0.3) is 88.3 Å². The molecule has 7 aromatic carbocycles. The van der Waals surface area contributed by atoms with Crippen LogP contribution in [0.1, 0.15) is 96.9 Å². The van der Waals surface area contributed by atoms with Gasteiger partial charge in [0.25, 0.3) is 0 Å². The SMILES string of the molecule is [2H]C([2H])([2H])c1c[c-]c(-c2ccc(C([2H])([2H])C(C)(C)C)cn2)cc1.[2H]C([2H])([2H])c1cc(C([2H])([2H])C(C)(C)C)ccc1-c1ccc(-c2cc(-c3[c-]ccc4c3oc3cc5c(ccc6ccccc65)cc34)ncc2C([2H])([2H])[2H])c(C([2H])([2H])[2H])c1.[Ir].